The molecule has 0 saturated heterocycles. The first-order chi connectivity index (χ1) is 8.06. The average molecular weight is 281 g/mol. The Balaban J connectivity index is 4.15. The van der Waals surface area contributed by atoms with Gasteiger partial charge in [-0.15, -0.1) is 0 Å². The van der Waals surface area contributed by atoms with Gasteiger partial charge in [0.05, 0.1) is 12.7 Å². The molecule has 0 spiro atoms. The molecular formula is C11H23NO5S. The van der Waals surface area contributed by atoms with E-state index in [1.54, 1.807) is 6.92 Å². The van der Waals surface area contributed by atoms with Crippen LogP contribution in [0.3, 0.4) is 0 Å². The second-order valence-corrected chi connectivity index (χ2v) is 7.14. The lowest BCUT2D eigenvalue weighted by atomic mass is 9.89. The topological polar surface area (TPSA) is 92.7 Å². The van der Waals surface area contributed by atoms with Crippen molar-refractivity contribution >= 4 is 16.0 Å². The molecule has 0 aromatic heterocycles. The zero-order valence-electron chi connectivity index (χ0n) is 11.4. The number of aliphatic hydroxyl groups is 1. The number of sulfonamides is 1. The average Bonchev–Trinajstić information content (AvgIpc) is 2.11. The minimum atomic E-state index is -3.74. The molecule has 0 aromatic carbocycles. The van der Waals surface area contributed by atoms with Gasteiger partial charge in [-0.3, -0.25) is 4.79 Å². The first-order valence-electron chi connectivity index (χ1n) is 5.87. The second kappa shape index (κ2) is 7.06. The minimum absolute atomic E-state index is 0.0913. The van der Waals surface area contributed by atoms with Crippen LogP contribution in [0.5, 0.6) is 0 Å². The maximum absolute atomic E-state index is 11.5. The molecule has 0 fully saturated rings. The molecule has 6 nitrogen and oxygen atoms in total. The van der Waals surface area contributed by atoms with Crippen LogP contribution in [0.4, 0.5) is 0 Å². The van der Waals surface area contributed by atoms with Crippen LogP contribution < -0.4 is 4.72 Å². The Labute approximate surface area is 109 Å². The Morgan fingerprint density at radius 2 is 1.94 bits per heavy atom. The number of carbonyl (C=O) groups is 1. The molecule has 0 heterocycles. The standard InChI is InChI=1S/C11H23NO5S/c1-5-17-10(14)8-18(15,16)12-7-9(13)6-11(2,3)4/h9,12-13H,5-8H2,1-4H3. The van der Waals surface area contributed by atoms with Crippen LogP contribution in [0, 0.1) is 5.41 Å². The van der Waals surface area contributed by atoms with E-state index in [0.29, 0.717) is 6.42 Å². The summed E-state index contributed by atoms with van der Waals surface area (Å²) < 4.78 is 29.7. The highest BCUT2D eigenvalue weighted by atomic mass is 32.2. The lowest BCUT2D eigenvalue weighted by Gasteiger charge is -2.22. The van der Waals surface area contributed by atoms with Gasteiger partial charge >= 0.3 is 5.97 Å². The Kier molecular flexibility index (Phi) is 6.80. The summed E-state index contributed by atoms with van der Waals surface area (Å²) in [5.74, 6) is -1.52. The van der Waals surface area contributed by atoms with Crippen molar-refractivity contribution in [3.8, 4) is 0 Å². The molecule has 1 atom stereocenters. The molecular weight excluding hydrogens is 258 g/mol. The van der Waals surface area contributed by atoms with E-state index in [2.05, 4.69) is 9.46 Å². The van der Waals surface area contributed by atoms with Crippen molar-refractivity contribution < 1.29 is 23.1 Å². The molecule has 108 valence electrons. The van der Waals surface area contributed by atoms with E-state index in [-0.39, 0.29) is 18.6 Å². The van der Waals surface area contributed by atoms with Gasteiger partial charge < -0.3 is 9.84 Å². The van der Waals surface area contributed by atoms with Crippen LogP contribution in [0.25, 0.3) is 0 Å². The summed E-state index contributed by atoms with van der Waals surface area (Å²) in [5, 5.41) is 9.64. The summed E-state index contributed by atoms with van der Waals surface area (Å²) in [6.45, 7) is 7.49. The molecule has 1 unspecified atom stereocenters. The predicted octanol–water partition coefficient (Wildman–Crippen LogP) is 0.266. The fourth-order valence-corrected chi connectivity index (χ4v) is 2.35. The molecule has 2 N–H and O–H groups in total. The van der Waals surface area contributed by atoms with Crippen LogP contribution in [0.1, 0.15) is 34.1 Å². The molecule has 18 heavy (non-hydrogen) atoms. The summed E-state index contributed by atoms with van der Waals surface area (Å²) in [6, 6.07) is 0. The fourth-order valence-electron chi connectivity index (χ4n) is 1.41. The third-order valence-electron chi connectivity index (χ3n) is 2.00. The van der Waals surface area contributed by atoms with E-state index in [9.17, 15) is 18.3 Å². The van der Waals surface area contributed by atoms with E-state index in [1.807, 2.05) is 20.8 Å². The van der Waals surface area contributed by atoms with Crippen molar-refractivity contribution in [2.75, 3.05) is 18.9 Å². The van der Waals surface area contributed by atoms with E-state index in [4.69, 9.17) is 0 Å². The first kappa shape index (κ1) is 17.3. The first-order valence-corrected chi connectivity index (χ1v) is 7.52. The Morgan fingerprint density at radius 1 is 1.39 bits per heavy atom. The van der Waals surface area contributed by atoms with Gasteiger partial charge in [-0.1, -0.05) is 20.8 Å². The van der Waals surface area contributed by atoms with Gasteiger partial charge in [0.25, 0.3) is 0 Å². The van der Waals surface area contributed by atoms with Crippen LogP contribution >= 0.6 is 0 Å². The van der Waals surface area contributed by atoms with Gasteiger partial charge in [0, 0.05) is 6.54 Å². The molecule has 0 aliphatic rings. The number of aliphatic hydroxyl groups excluding tert-OH is 1. The third kappa shape index (κ3) is 9.38. The lowest BCUT2D eigenvalue weighted by molar-refractivity contribution is -0.139. The maximum atomic E-state index is 11.5. The van der Waals surface area contributed by atoms with E-state index in [1.165, 1.54) is 0 Å². The summed E-state index contributed by atoms with van der Waals surface area (Å²) >= 11 is 0. The summed E-state index contributed by atoms with van der Waals surface area (Å²) in [7, 11) is -3.74. The van der Waals surface area contributed by atoms with Crippen molar-refractivity contribution in [3.05, 3.63) is 0 Å². The Bertz CT molecular complexity index is 358. The number of carbonyl (C=O) groups excluding carboxylic acids is 1. The van der Waals surface area contributed by atoms with Crippen LogP contribution in [0.2, 0.25) is 0 Å². The number of hydrogen-bond donors (Lipinski definition) is 2. The largest absolute Gasteiger partial charge is 0.465 e. The van der Waals surface area contributed by atoms with Gasteiger partial charge in [-0.05, 0) is 18.8 Å². The second-order valence-electron chi connectivity index (χ2n) is 5.33. The number of ether oxygens (including phenoxy) is 1. The molecule has 0 aliphatic carbocycles. The highest BCUT2D eigenvalue weighted by Crippen LogP contribution is 2.20. The van der Waals surface area contributed by atoms with Crippen molar-refractivity contribution in [2.24, 2.45) is 5.41 Å². The van der Waals surface area contributed by atoms with Gasteiger partial charge in [-0.2, -0.15) is 0 Å². The molecule has 0 bridgehead atoms. The predicted molar refractivity (Wildman–Crippen MR) is 68.5 cm³/mol. The van der Waals surface area contributed by atoms with Crippen LogP contribution in [-0.2, 0) is 19.6 Å². The Morgan fingerprint density at radius 3 is 2.39 bits per heavy atom. The normalized spacial score (nSPS) is 14.3. The summed E-state index contributed by atoms with van der Waals surface area (Å²) in [4.78, 5) is 11.0. The van der Waals surface area contributed by atoms with E-state index in [0.717, 1.165) is 0 Å². The van der Waals surface area contributed by atoms with Crippen LogP contribution in [0.15, 0.2) is 0 Å². The van der Waals surface area contributed by atoms with Crippen molar-refractivity contribution in [1.82, 2.24) is 4.72 Å². The minimum Gasteiger partial charge on any atom is -0.465 e. The fraction of sp³-hybridized carbons (Fsp3) is 0.909. The van der Waals surface area contributed by atoms with Gasteiger partial charge in [0.15, 0.2) is 5.75 Å². The molecule has 0 aliphatic heterocycles. The number of hydrogen-bond acceptors (Lipinski definition) is 5. The van der Waals surface area contributed by atoms with Crippen LogP contribution in [-0.4, -0.2) is 44.5 Å². The molecule has 0 rings (SSSR count). The van der Waals surface area contributed by atoms with Gasteiger partial charge in [-0.25, -0.2) is 13.1 Å². The number of nitrogens with one attached hydrogen (secondary N) is 1. The highest BCUT2D eigenvalue weighted by molar-refractivity contribution is 7.90. The SMILES string of the molecule is CCOC(=O)CS(=O)(=O)NCC(O)CC(C)(C)C. The van der Waals surface area contributed by atoms with E-state index >= 15 is 0 Å². The monoisotopic (exact) mass is 281 g/mol. The smallest absolute Gasteiger partial charge is 0.322 e. The molecule has 0 amide bonds. The quantitative estimate of drug-likeness (QED) is 0.653. The Hall–Kier alpha value is -0.660. The molecule has 7 heteroatoms. The summed E-state index contributed by atoms with van der Waals surface area (Å²) in [6.07, 6.45) is -0.309. The van der Waals surface area contributed by atoms with Crippen molar-refractivity contribution in [2.45, 2.75) is 40.2 Å². The number of esters is 1. The highest BCUT2D eigenvalue weighted by Gasteiger charge is 2.21. The zero-order valence-corrected chi connectivity index (χ0v) is 12.2. The zero-order chi connectivity index (χ0) is 14.4. The summed E-state index contributed by atoms with van der Waals surface area (Å²) in [5.41, 5.74) is -0.0913. The lowest BCUT2D eigenvalue weighted by Crippen LogP contribution is -2.37. The van der Waals surface area contributed by atoms with Gasteiger partial charge in [0.2, 0.25) is 10.0 Å². The molecule has 0 radical (unpaired) electrons. The van der Waals surface area contributed by atoms with Gasteiger partial charge in [0.1, 0.15) is 0 Å². The van der Waals surface area contributed by atoms with E-state index < -0.39 is 27.8 Å². The van der Waals surface area contributed by atoms with Crippen molar-refractivity contribution in [1.29, 1.82) is 0 Å². The maximum Gasteiger partial charge on any atom is 0.322 e. The molecule has 0 aromatic rings. The number of rotatable bonds is 7. The molecule has 0 saturated carbocycles. The third-order valence-corrected chi connectivity index (χ3v) is 3.22. The van der Waals surface area contributed by atoms with Crippen molar-refractivity contribution in [3.63, 3.8) is 0 Å².